The Labute approximate surface area is 184 Å². The molecule has 0 saturated carbocycles. The molecular weight excluding hydrogens is 390 g/mol. The maximum atomic E-state index is 12.5. The van der Waals surface area contributed by atoms with Gasteiger partial charge in [0.15, 0.2) is 0 Å². The second kappa shape index (κ2) is 10.8. The second-order valence-corrected chi connectivity index (χ2v) is 8.16. The highest BCUT2D eigenvalue weighted by Gasteiger charge is 2.20. The third kappa shape index (κ3) is 6.67. The molecule has 6 nitrogen and oxygen atoms in total. The molecule has 0 radical (unpaired) electrons. The first-order valence-corrected chi connectivity index (χ1v) is 10.9. The molecule has 0 aromatic heterocycles. The summed E-state index contributed by atoms with van der Waals surface area (Å²) in [5, 5.41) is 5.73. The summed E-state index contributed by atoms with van der Waals surface area (Å²) in [6.45, 7) is 5.29. The Balaban J connectivity index is 1.42. The lowest BCUT2D eigenvalue weighted by Gasteiger charge is -2.29. The van der Waals surface area contributed by atoms with Crippen molar-refractivity contribution in [1.82, 2.24) is 15.5 Å². The van der Waals surface area contributed by atoms with Crippen molar-refractivity contribution in [2.24, 2.45) is 0 Å². The lowest BCUT2D eigenvalue weighted by atomic mass is 9.99. The Morgan fingerprint density at radius 3 is 2.45 bits per heavy atom. The van der Waals surface area contributed by atoms with Crippen LogP contribution >= 0.6 is 0 Å². The van der Waals surface area contributed by atoms with Crippen LogP contribution in [0.5, 0.6) is 0 Å². The van der Waals surface area contributed by atoms with Gasteiger partial charge in [-0.15, -0.1) is 0 Å². The van der Waals surface area contributed by atoms with Crippen molar-refractivity contribution < 1.29 is 14.4 Å². The minimum Gasteiger partial charge on any atom is -0.356 e. The first kappa shape index (κ1) is 22.5. The van der Waals surface area contributed by atoms with Crippen LogP contribution in [0, 0.1) is 6.92 Å². The highest BCUT2D eigenvalue weighted by Crippen LogP contribution is 2.20. The van der Waals surface area contributed by atoms with Gasteiger partial charge < -0.3 is 15.5 Å². The topological polar surface area (TPSA) is 78.5 Å². The summed E-state index contributed by atoms with van der Waals surface area (Å²) in [6.07, 6.45) is 2.06. The van der Waals surface area contributed by atoms with Crippen LogP contribution in [-0.2, 0) is 27.3 Å². The number of nitrogens with one attached hydrogen (secondary N) is 2. The summed E-state index contributed by atoms with van der Waals surface area (Å²) in [5.74, 6) is -0.190. The smallest absolute Gasteiger partial charge is 0.222 e. The minimum atomic E-state index is -0.367. The number of hydrogen-bond donors (Lipinski definition) is 2. The van der Waals surface area contributed by atoms with Crippen molar-refractivity contribution >= 4 is 17.7 Å². The van der Waals surface area contributed by atoms with Crippen LogP contribution in [0.4, 0.5) is 0 Å². The van der Waals surface area contributed by atoms with Gasteiger partial charge in [0.05, 0.1) is 12.5 Å². The summed E-state index contributed by atoms with van der Waals surface area (Å²) in [4.78, 5) is 38.4. The van der Waals surface area contributed by atoms with Gasteiger partial charge >= 0.3 is 0 Å². The number of hydrogen-bond acceptors (Lipinski definition) is 3. The Kier molecular flexibility index (Phi) is 7.82. The molecule has 3 rings (SSSR count). The summed E-state index contributed by atoms with van der Waals surface area (Å²) in [7, 11) is 0. The van der Waals surface area contributed by atoms with Crippen LogP contribution in [0.2, 0.25) is 0 Å². The van der Waals surface area contributed by atoms with E-state index in [1.54, 1.807) is 0 Å². The van der Waals surface area contributed by atoms with E-state index in [0.717, 1.165) is 24.1 Å². The summed E-state index contributed by atoms with van der Waals surface area (Å²) in [5.41, 5.74) is 4.56. The van der Waals surface area contributed by atoms with E-state index in [2.05, 4.69) is 22.8 Å². The number of rotatable bonds is 8. The fourth-order valence-corrected chi connectivity index (χ4v) is 3.89. The van der Waals surface area contributed by atoms with Gasteiger partial charge in [0.25, 0.3) is 0 Å². The third-order valence-corrected chi connectivity index (χ3v) is 5.62. The van der Waals surface area contributed by atoms with Crippen molar-refractivity contribution in [2.45, 2.75) is 52.1 Å². The quantitative estimate of drug-likeness (QED) is 0.643. The van der Waals surface area contributed by atoms with E-state index in [4.69, 9.17) is 0 Å². The van der Waals surface area contributed by atoms with Gasteiger partial charge in [0, 0.05) is 33.0 Å². The van der Waals surface area contributed by atoms with Crippen LogP contribution in [-0.4, -0.2) is 35.7 Å². The molecule has 3 amide bonds. The fraction of sp³-hybridized carbons (Fsp3) is 0.400. The van der Waals surface area contributed by atoms with Crippen LogP contribution < -0.4 is 10.6 Å². The van der Waals surface area contributed by atoms with Gasteiger partial charge in [-0.25, -0.2) is 0 Å². The summed E-state index contributed by atoms with van der Waals surface area (Å²) >= 11 is 0. The molecule has 0 bridgehead atoms. The zero-order valence-corrected chi connectivity index (χ0v) is 18.3. The Morgan fingerprint density at radius 1 is 1.03 bits per heavy atom. The molecule has 0 aliphatic carbocycles. The van der Waals surface area contributed by atoms with E-state index in [1.807, 2.05) is 48.2 Å². The highest BCUT2D eigenvalue weighted by molar-refractivity contribution is 5.79. The maximum Gasteiger partial charge on any atom is 0.222 e. The van der Waals surface area contributed by atoms with Crippen LogP contribution in [0.1, 0.15) is 54.5 Å². The van der Waals surface area contributed by atoms with Crippen molar-refractivity contribution in [1.29, 1.82) is 0 Å². The van der Waals surface area contributed by atoms with Crippen LogP contribution in [0.3, 0.4) is 0 Å². The molecule has 1 heterocycles. The average molecular weight is 422 g/mol. The zero-order chi connectivity index (χ0) is 22.2. The standard InChI is InChI=1S/C25H31N3O3/c1-18-9-11-21(12-10-18)23(27-19(2)29)16-24(30)26-14-5-8-25(31)28-15-13-20-6-3-4-7-22(20)17-28/h3-4,6-7,9-12,23H,5,8,13-17H2,1-2H3,(H,26,30)(H,27,29). The number of carbonyl (C=O) groups excluding carboxylic acids is 3. The van der Waals surface area contributed by atoms with Gasteiger partial charge in [0.1, 0.15) is 0 Å². The lowest BCUT2D eigenvalue weighted by molar-refractivity contribution is -0.132. The summed E-state index contributed by atoms with van der Waals surface area (Å²) in [6, 6.07) is 15.7. The Bertz CT molecular complexity index is 924. The normalized spacial score (nSPS) is 13.8. The lowest BCUT2D eigenvalue weighted by Crippen LogP contribution is -2.36. The van der Waals surface area contributed by atoms with E-state index in [-0.39, 0.29) is 30.2 Å². The third-order valence-electron chi connectivity index (χ3n) is 5.62. The van der Waals surface area contributed by atoms with Crippen LogP contribution in [0.25, 0.3) is 0 Å². The minimum absolute atomic E-state index is 0.125. The molecule has 0 fully saturated rings. The molecular formula is C25H31N3O3. The molecule has 2 aromatic carbocycles. The molecule has 1 aliphatic rings. The van der Waals surface area contributed by atoms with Crippen molar-refractivity contribution in [2.75, 3.05) is 13.1 Å². The molecule has 0 spiro atoms. The number of aryl methyl sites for hydroxylation is 1. The average Bonchev–Trinajstić information content (AvgIpc) is 2.76. The Morgan fingerprint density at radius 2 is 1.74 bits per heavy atom. The van der Waals surface area contributed by atoms with Crippen molar-refractivity contribution in [3.63, 3.8) is 0 Å². The number of benzene rings is 2. The van der Waals surface area contributed by atoms with Crippen LogP contribution in [0.15, 0.2) is 48.5 Å². The predicted octanol–water partition coefficient (Wildman–Crippen LogP) is 3.04. The molecule has 31 heavy (non-hydrogen) atoms. The Hall–Kier alpha value is -3.15. The van der Waals surface area contributed by atoms with Crippen molar-refractivity contribution in [3.8, 4) is 0 Å². The molecule has 2 aromatic rings. The first-order valence-electron chi connectivity index (χ1n) is 10.9. The number of carbonyl (C=O) groups is 3. The van der Waals surface area contributed by atoms with Gasteiger partial charge in [-0.1, -0.05) is 54.1 Å². The van der Waals surface area contributed by atoms with Gasteiger partial charge in [-0.2, -0.15) is 0 Å². The molecule has 6 heteroatoms. The molecule has 1 atom stereocenters. The first-order chi connectivity index (χ1) is 14.9. The van der Waals surface area contributed by atoms with E-state index in [0.29, 0.717) is 25.9 Å². The van der Waals surface area contributed by atoms with E-state index in [9.17, 15) is 14.4 Å². The highest BCUT2D eigenvalue weighted by atomic mass is 16.2. The molecule has 1 unspecified atom stereocenters. The molecule has 2 N–H and O–H groups in total. The number of fused-ring (bicyclic) bond motifs is 1. The largest absolute Gasteiger partial charge is 0.356 e. The predicted molar refractivity (Wildman–Crippen MR) is 120 cm³/mol. The van der Waals surface area contributed by atoms with Gasteiger partial charge in [-0.05, 0) is 36.5 Å². The molecule has 164 valence electrons. The monoisotopic (exact) mass is 421 g/mol. The molecule has 0 saturated heterocycles. The fourth-order valence-electron chi connectivity index (χ4n) is 3.89. The molecule has 1 aliphatic heterocycles. The van der Waals surface area contributed by atoms with E-state index < -0.39 is 0 Å². The van der Waals surface area contributed by atoms with Crippen molar-refractivity contribution in [3.05, 3.63) is 70.8 Å². The SMILES string of the molecule is CC(=O)NC(CC(=O)NCCCC(=O)N1CCc2ccccc2C1)c1ccc(C)cc1. The van der Waals surface area contributed by atoms with Gasteiger partial charge in [-0.3, -0.25) is 14.4 Å². The van der Waals surface area contributed by atoms with Gasteiger partial charge in [0.2, 0.25) is 17.7 Å². The van der Waals surface area contributed by atoms with E-state index in [1.165, 1.54) is 18.1 Å². The maximum absolute atomic E-state index is 12.5. The second-order valence-electron chi connectivity index (χ2n) is 8.16. The zero-order valence-electron chi connectivity index (χ0n) is 18.3. The number of nitrogens with zero attached hydrogens (tertiary/aromatic N) is 1. The summed E-state index contributed by atoms with van der Waals surface area (Å²) < 4.78 is 0. The number of amides is 3. The van der Waals surface area contributed by atoms with E-state index >= 15 is 0 Å².